The summed E-state index contributed by atoms with van der Waals surface area (Å²) in [6, 6.07) is 18.0. The van der Waals surface area contributed by atoms with Crippen LogP contribution < -0.4 is 5.32 Å². The largest absolute Gasteiger partial charge is 0.379 e. The maximum atomic E-state index is 13.2. The van der Waals surface area contributed by atoms with Gasteiger partial charge in [-0.3, -0.25) is 9.69 Å². The van der Waals surface area contributed by atoms with Gasteiger partial charge in [-0.05, 0) is 29.8 Å². The summed E-state index contributed by atoms with van der Waals surface area (Å²) in [5.41, 5.74) is 3.05. The van der Waals surface area contributed by atoms with Gasteiger partial charge in [-0.25, -0.2) is 4.98 Å². The van der Waals surface area contributed by atoms with Gasteiger partial charge in [0, 0.05) is 47.9 Å². The van der Waals surface area contributed by atoms with Crippen molar-refractivity contribution in [3.63, 3.8) is 0 Å². The van der Waals surface area contributed by atoms with Gasteiger partial charge in [0.05, 0.1) is 24.1 Å². The third kappa shape index (κ3) is 4.39. The molecule has 31 heavy (non-hydrogen) atoms. The van der Waals surface area contributed by atoms with Crippen LogP contribution in [-0.2, 0) is 4.74 Å². The van der Waals surface area contributed by atoms with Crippen LogP contribution in [0, 0.1) is 0 Å². The average Bonchev–Trinajstić information content (AvgIpc) is 3.50. The Morgan fingerprint density at radius 3 is 2.81 bits per heavy atom. The number of carbonyl (C=O) groups excluding carboxylic acids is 1. The van der Waals surface area contributed by atoms with Crippen molar-refractivity contribution >= 4 is 28.3 Å². The Morgan fingerprint density at radius 2 is 1.97 bits per heavy atom. The minimum atomic E-state index is -0.0744. The van der Waals surface area contributed by atoms with E-state index in [0.29, 0.717) is 4.88 Å². The predicted octanol–water partition coefficient (Wildman–Crippen LogP) is 4.09. The molecule has 3 aromatic heterocycles. The topological polar surface area (TPSA) is 70.2 Å². The molecule has 0 spiro atoms. The summed E-state index contributed by atoms with van der Waals surface area (Å²) in [5, 5.41) is 4.33. The van der Waals surface area contributed by atoms with Crippen LogP contribution in [0.3, 0.4) is 0 Å². The van der Waals surface area contributed by atoms with Crippen LogP contribution in [0.5, 0.6) is 0 Å². The lowest BCUT2D eigenvalue weighted by atomic mass is 10.1. The van der Waals surface area contributed by atoms with Gasteiger partial charge in [0.25, 0.3) is 5.91 Å². The molecule has 0 aliphatic carbocycles. The van der Waals surface area contributed by atoms with E-state index in [-0.39, 0.29) is 11.9 Å². The smallest absolute Gasteiger partial charge is 0.261 e. The minimum Gasteiger partial charge on any atom is -0.379 e. The molecule has 0 radical (unpaired) electrons. The SMILES string of the molecule is O=C(NC(CN1CCOCC1)c1ccccc1)c1ccc(-c2ccnc3[nH]ccc23)s1. The molecule has 4 aromatic rings. The number of carbonyl (C=O) groups is 1. The number of nitrogens with one attached hydrogen (secondary N) is 2. The van der Waals surface area contributed by atoms with E-state index in [1.807, 2.05) is 48.7 Å². The zero-order valence-electron chi connectivity index (χ0n) is 17.1. The molecule has 1 unspecified atom stereocenters. The second kappa shape index (κ2) is 9.01. The molecule has 0 saturated carbocycles. The van der Waals surface area contributed by atoms with Crippen molar-refractivity contribution in [1.29, 1.82) is 0 Å². The van der Waals surface area contributed by atoms with Crippen molar-refractivity contribution in [2.24, 2.45) is 0 Å². The summed E-state index contributed by atoms with van der Waals surface area (Å²) in [4.78, 5) is 24.8. The molecule has 1 atom stereocenters. The van der Waals surface area contributed by atoms with Crippen molar-refractivity contribution in [2.45, 2.75) is 6.04 Å². The molecule has 6 nitrogen and oxygen atoms in total. The first kappa shape index (κ1) is 19.9. The predicted molar refractivity (Wildman–Crippen MR) is 123 cm³/mol. The Hall–Kier alpha value is -3.00. The molecule has 4 heterocycles. The zero-order valence-corrected chi connectivity index (χ0v) is 17.9. The first-order valence-corrected chi connectivity index (χ1v) is 11.3. The van der Waals surface area contributed by atoms with E-state index in [2.05, 4.69) is 32.3 Å². The Kier molecular flexibility index (Phi) is 5.80. The van der Waals surface area contributed by atoms with Crippen LogP contribution in [0.1, 0.15) is 21.3 Å². The molecular formula is C24H24N4O2S. The van der Waals surface area contributed by atoms with Crippen molar-refractivity contribution in [2.75, 3.05) is 32.8 Å². The molecule has 1 aromatic carbocycles. The van der Waals surface area contributed by atoms with Crippen LogP contribution >= 0.6 is 11.3 Å². The van der Waals surface area contributed by atoms with Crippen molar-refractivity contribution in [1.82, 2.24) is 20.2 Å². The number of morpholine rings is 1. The number of fused-ring (bicyclic) bond motifs is 1. The first-order chi connectivity index (χ1) is 15.3. The van der Waals surface area contributed by atoms with Gasteiger partial charge in [0.2, 0.25) is 0 Å². The fourth-order valence-electron chi connectivity index (χ4n) is 3.97. The van der Waals surface area contributed by atoms with Gasteiger partial charge in [0.15, 0.2) is 0 Å². The third-order valence-electron chi connectivity index (χ3n) is 5.61. The van der Waals surface area contributed by atoms with Gasteiger partial charge in [-0.2, -0.15) is 0 Å². The summed E-state index contributed by atoms with van der Waals surface area (Å²) in [6.07, 6.45) is 3.68. The molecule has 0 bridgehead atoms. The number of aromatic nitrogens is 2. The number of hydrogen-bond acceptors (Lipinski definition) is 5. The highest BCUT2D eigenvalue weighted by Crippen LogP contribution is 2.33. The molecule has 158 valence electrons. The fraction of sp³-hybridized carbons (Fsp3) is 0.250. The number of thiophene rings is 1. The van der Waals surface area contributed by atoms with Gasteiger partial charge in [0.1, 0.15) is 5.65 Å². The van der Waals surface area contributed by atoms with Crippen molar-refractivity contribution in [3.8, 4) is 10.4 Å². The third-order valence-corrected chi connectivity index (χ3v) is 6.72. The van der Waals surface area contributed by atoms with E-state index in [4.69, 9.17) is 4.74 Å². The molecule has 2 N–H and O–H groups in total. The average molecular weight is 433 g/mol. The van der Waals surface area contributed by atoms with Crippen molar-refractivity contribution in [3.05, 3.63) is 77.4 Å². The van der Waals surface area contributed by atoms with E-state index in [1.165, 1.54) is 11.3 Å². The lowest BCUT2D eigenvalue weighted by molar-refractivity contribution is 0.0332. The van der Waals surface area contributed by atoms with Crippen LogP contribution in [0.4, 0.5) is 0 Å². The van der Waals surface area contributed by atoms with E-state index >= 15 is 0 Å². The number of rotatable bonds is 6. The number of amides is 1. The highest BCUT2D eigenvalue weighted by atomic mass is 32.1. The summed E-state index contributed by atoms with van der Waals surface area (Å²) < 4.78 is 5.47. The normalized spacial score (nSPS) is 15.7. The molecular weight excluding hydrogens is 408 g/mol. The van der Waals surface area contributed by atoms with E-state index in [0.717, 1.165) is 59.9 Å². The number of aromatic amines is 1. The van der Waals surface area contributed by atoms with Crippen LogP contribution in [0.2, 0.25) is 0 Å². The lowest BCUT2D eigenvalue weighted by Gasteiger charge is -2.31. The monoisotopic (exact) mass is 432 g/mol. The second-order valence-electron chi connectivity index (χ2n) is 7.61. The number of nitrogens with zero attached hydrogens (tertiary/aromatic N) is 2. The summed E-state index contributed by atoms with van der Waals surface area (Å²) in [5.74, 6) is -0.0438. The molecule has 7 heteroatoms. The molecule has 1 amide bonds. The number of H-pyrrole nitrogens is 1. The Labute approximate surface area is 184 Å². The minimum absolute atomic E-state index is 0.0438. The molecule has 5 rings (SSSR count). The maximum absolute atomic E-state index is 13.2. The standard InChI is InChI=1S/C24H24N4O2S/c29-24(22-7-6-21(31-22)18-8-10-25-23-19(18)9-11-26-23)27-20(17-4-2-1-3-5-17)16-28-12-14-30-15-13-28/h1-11,20H,12-16H2,(H,25,26)(H,27,29). The van der Waals surface area contributed by atoms with Gasteiger partial charge in [-0.1, -0.05) is 30.3 Å². The van der Waals surface area contributed by atoms with Gasteiger partial charge < -0.3 is 15.0 Å². The molecule has 1 fully saturated rings. The highest BCUT2D eigenvalue weighted by Gasteiger charge is 2.22. The fourth-order valence-corrected chi connectivity index (χ4v) is 4.92. The quantitative estimate of drug-likeness (QED) is 0.481. The summed E-state index contributed by atoms with van der Waals surface area (Å²) in [6.45, 7) is 4.02. The molecule has 1 aliphatic heterocycles. The van der Waals surface area contributed by atoms with Crippen LogP contribution in [0.25, 0.3) is 21.5 Å². The summed E-state index contributed by atoms with van der Waals surface area (Å²) in [7, 11) is 0. The van der Waals surface area contributed by atoms with E-state index in [1.54, 1.807) is 6.20 Å². The van der Waals surface area contributed by atoms with Crippen LogP contribution in [-0.4, -0.2) is 53.6 Å². The lowest BCUT2D eigenvalue weighted by Crippen LogP contribution is -2.43. The number of hydrogen-bond donors (Lipinski definition) is 2. The second-order valence-corrected chi connectivity index (χ2v) is 8.70. The van der Waals surface area contributed by atoms with Crippen LogP contribution in [0.15, 0.2) is 67.0 Å². The van der Waals surface area contributed by atoms with Gasteiger partial charge >= 0.3 is 0 Å². The Morgan fingerprint density at radius 1 is 1.13 bits per heavy atom. The van der Waals surface area contributed by atoms with E-state index in [9.17, 15) is 4.79 Å². The first-order valence-electron chi connectivity index (χ1n) is 10.5. The maximum Gasteiger partial charge on any atom is 0.261 e. The van der Waals surface area contributed by atoms with E-state index < -0.39 is 0 Å². The van der Waals surface area contributed by atoms with Crippen molar-refractivity contribution < 1.29 is 9.53 Å². The molecule has 1 saturated heterocycles. The zero-order chi connectivity index (χ0) is 21.0. The Balaban J connectivity index is 1.36. The Bertz CT molecular complexity index is 1160. The number of pyridine rings is 1. The summed E-state index contributed by atoms with van der Waals surface area (Å²) >= 11 is 1.51. The molecule has 1 aliphatic rings. The highest BCUT2D eigenvalue weighted by molar-refractivity contribution is 7.17. The van der Waals surface area contributed by atoms with Gasteiger partial charge in [-0.15, -0.1) is 11.3 Å². The number of ether oxygens (including phenoxy) is 1. The number of benzene rings is 1.